The number of carbonyl (C=O) groups excluding carboxylic acids is 2. The summed E-state index contributed by atoms with van der Waals surface area (Å²) in [4.78, 5) is 38.9. The van der Waals surface area contributed by atoms with Crippen LogP contribution in [0.25, 0.3) is 11.3 Å². The second-order valence-corrected chi connectivity index (χ2v) is 10.5. The lowest BCUT2D eigenvalue weighted by molar-refractivity contribution is -0.131. The molecule has 0 radical (unpaired) electrons. The molecule has 2 aliphatic rings. The van der Waals surface area contributed by atoms with Crippen LogP contribution in [0.2, 0.25) is 5.02 Å². The summed E-state index contributed by atoms with van der Waals surface area (Å²) < 4.78 is 0. The van der Waals surface area contributed by atoms with E-state index in [1.165, 1.54) is 0 Å². The van der Waals surface area contributed by atoms with Crippen LogP contribution >= 0.6 is 11.6 Å². The van der Waals surface area contributed by atoms with Gasteiger partial charge in [0.1, 0.15) is 6.04 Å². The Bertz CT molecular complexity index is 1410. The molecule has 1 fully saturated rings. The van der Waals surface area contributed by atoms with Crippen molar-refractivity contribution in [3.8, 4) is 11.3 Å². The van der Waals surface area contributed by atoms with Gasteiger partial charge in [-0.3, -0.25) is 14.6 Å². The van der Waals surface area contributed by atoms with Crippen LogP contribution < -0.4 is 16.0 Å². The van der Waals surface area contributed by atoms with Crippen LogP contribution in [0, 0.1) is 13.8 Å². The fraction of sp³-hybridized carbons (Fsp3) is 0.310. The van der Waals surface area contributed by atoms with Gasteiger partial charge >= 0.3 is 0 Å². The van der Waals surface area contributed by atoms with Crippen molar-refractivity contribution in [1.29, 1.82) is 0 Å². The molecule has 1 aromatic heterocycles. The number of pyridine rings is 1. The van der Waals surface area contributed by atoms with Crippen molar-refractivity contribution in [2.24, 2.45) is 10.7 Å². The van der Waals surface area contributed by atoms with E-state index in [1.807, 2.05) is 56.1 Å². The van der Waals surface area contributed by atoms with Crippen molar-refractivity contribution >= 4 is 41.1 Å². The fourth-order valence-electron chi connectivity index (χ4n) is 5.26. The number of fused-ring (bicyclic) bond motifs is 1. The number of nitrogens with zero attached hydrogens (tertiary/aromatic N) is 4. The van der Waals surface area contributed by atoms with E-state index in [4.69, 9.17) is 22.3 Å². The van der Waals surface area contributed by atoms with Crippen molar-refractivity contribution in [2.75, 3.05) is 25.0 Å². The summed E-state index contributed by atoms with van der Waals surface area (Å²) in [5.74, 6) is -0.566. The third kappa shape index (κ3) is 5.14. The molecule has 0 bridgehead atoms. The van der Waals surface area contributed by atoms with E-state index in [9.17, 15) is 9.59 Å². The molecule has 3 heterocycles. The highest BCUT2D eigenvalue weighted by atomic mass is 35.5. The SMILES string of the molecule is Cc1cc(Cl)cc(N2C=Nc3cc(C)c(-c4cc(C(N)=O)ccn4)cc3C2C(=O)N(C)C[C@@H]2CCCN2)c1. The maximum absolute atomic E-state index is 14.2. The van der Waals surface area contributed by atoms with E-state index in [1.54, 1.807) is 29.6 Å². The molecule has 2 amide bonds. The topological polar surface area (TPSA) is 104 Å². The van der Waals surface area contributed by atoms with Gasteiger partial charge < -0.3 is 20.9 Å². The molecule has 0 spiro atoms. The lowest BCUT2D eigenvalue weighted by atomic mass is 9.93. The number of aromatic nitrogens is 1. The Labute approximate surface area is 227 Å². The second-order valence-electron chi connectivity index (χ2n) is 10.1. The van der Waals surface area contributed by atoms with Crippen LogP contribution in [-0.4, -0.2) is 54.2 Å². The zero-order valence-corrected chi connectivity index (χ0v) is 22.5. The number of benzene rings is 2. The Morgan fingerprint density at radius 3 is 2.71 bits per heavy atom. The van der Waals surface area contributed by atoms with Crippen molar-refractivity contribution in [1.82, 2.24) is 15.2 Å². The number of nitrogens with two attached hydrogens (primary N) is 1. The zero-order chi connectivity index (χ0) is 27.0. The molecular weight excluding hydrogens is 500 g/mol. The predicted molar refractivity (Wildman–Crippen MR) is 151 cm³/mol. The Balaban J connectivity index is 1.62. The average molecular weight is 531 g/mol. The largest absolute Gasteiger partial charge is 0.366 e. The molecule has 8 nitrogen and oxygen atoms in total. The van der Waals surface area contributed by atoms with Gasteiger partial charge in [0.05, 0.1) is 17.7 Å². The molecule has 3 N–H and O–H groups in total. The second kappa shape index (κ2) is 10.6. The van der Waals surface area contributed by atoms with Gasteiger partial charge in [-0.2, -0.15) is 0 Å². The number of anilines is 1. The summed E-state index contributed by atoms with van der Waals surface area (Å²) in [6.07, 6.45) is 5.43. The number of rotatable bonds is 6. The molecule has 5 rings (SSSR count). The van der Waals surface area contributed by atoms with E-state index < -0.39 is 11.9 Å². The van der Waals surface area contributed by atoms with Crippen LogP contribution in [0.1, 0.15) is 45.9 Å². The summed E-state index contributed by atoms with van der Waals surface area (Å²) in [6, 6.07) is 12.5. The van der Waals surface area contributed by atoms with Crippen LogP contribution in [-0.2, 0) is 4.79 Å². The van der Waals surface area contributed by atoms with Crippen molar-refractivity contribution in [3.05, 3.63) is 75.9 Å². The van der Waals surface area contributed by atoms with Gasteiger partial charge in [0, 0.05) is 53.2 Å². The van der Waals surface area contributed by atoms with Crippen LogP contribution in [0.4, 0.5) is 11.4 Å². The number of halogens is 1. The molecule has 38 heavy (non-hydrogen) atoms. The molecule has 9 heteroatoms. The molecule has 0 saturated carbocycles. The molecule has 2 aliphatic heterocycles. The smallest absolute Gasteiger partial charge is 0.250 e. The number of nitrogens with one attached hydrogen (secondary N) is 1. The van der Waals surface area contributed by atoms with Crippen molar-refractivity contribution in [2.45, 2.75) is 38.8 Å². The summed E-state index contributed by atoms with van der Waals surface area (Å²) in [6.45, 7) is 5.52. The molecule has 1 saturated heterocycles. The minimum atomic E-state index is -0.662. The van der Waals surface area contributed by atoms with Crippen molar-refractivity contribution < 1.29 is 9.59 Å². The zero-order valence-electron chi connectivity index (χ0n) is 21.7. The van der Waals surface area contributed by atoms with Gasteiger partial charge in [0.2, 0.25) is 11.8 Å². The molecule has 196 valence electrons. The van der Waals surface area contributed by atoms with E-state index in [0.29, 0.717) is 22.8 Å². The minimum Gasteiger partial charge on any atom is -0.366 e. The number of hydrogen-bond acceptors (Lipinski definition) is 6. The maximum atomic E-state index is 14.2. The first kappa shape index (κ1) is 25.9. The van der Waals surface area contributed by atoms with E-state index in [-0.39, 0.29) is 11.9 Å². The first-order valence-electron chi connectivity index (χ1n) is 12.7. The molecule has 2 atom stereocenters. The standard InChI is InChI=1S/C29H31ClN6O2/c1-17-9-20(30)13-22(10-17)36-16-34-25-11-18(2)23(26-12-19(28(31)37)6-8-33-26)14-24(25)27(36)29(38)35(3)15-21-5-4-7-32-21/h6,8-14,16,21,27,32H,4-5,7,15H2,1-3H3,(H2,31,37)/t21-,27?/m0/s1. The third-order valence-electron chi connectivity index (χ3n) is 7.18. The Morgan fingerprint density at radius 1 is 1.18 bits per heavy atom. The lowest BCUT2D eigenvalue weighted by Crippen LogP contribution is -2.46. The summed E-state index contributed by atoms with van der Waals surface area (Å²) in [5.41, 5.74) is 11.5. The third-order valence-corrected chi connectivity index (χ3v) is 7.40. The number of carbonyl (C=O) groups is 2. The first-order chi connectivity index (χ1) is 18.2. The van der Waals surface area contributed by atoms with E-state index >= 15 is 0 Å². The highest BCUT2D eigenvalue weighted by Crippen LogP contribution is 2.41. The highest BCUT2D eigenvalue weighted by molar-refractivity contribution is 6.31. The van der Waals surface area contributed by atoms with Gasteiger partial charge in [-0.1, -0.05) is 11.6 Å². The predicted octanol–water partition coefficient (Wildman–Crippen LogP) is 4.55. The number of aliphatic imine (C=N–C) groups is 1. The summed E-state index contributed by atoms with van der Waals surface area (Å²) in [5, 5.41) is 4.07. The number of primary amides is 1. The average Bonchev–Trinajstić information content (AvgIpc) is 3.39. The fourth-order valence-corrected chi connectivity index (χ4v) is 5.55. The number of likely N-dealkylation sites (N-methyl/N-ethyl adjacent to an activating group) is 1. The number of hydrogen-bond donors (Lipinski definition) is 2. The van der Waals surface area contributed by atoms with E-state index in [2.05, 4.69) is 10.3 Å². The minimum absolute atomic E-state index is 0.0441. The van der Waals surface area contributed by atoms with Gasteiger partial charge in [-0.15, -0.1) is 0 Å². The molecule has 3 aromatic rings. The van der Waals surface area contributed by atoms with Crippen LogP contribution in [0.15, 0.2) is 53.7 Å². The van der Waals surface area contributed by atoms with Crippen molar-refractivity contribution in [3.63, 3.8) is 0 Å². The summed E-state index contributed by atoms with van der Waals surface area (Å²) in [7, 11) is 1.85. The normalized spacial score (nSPS) is 18.4. The van der Waals surface area contributed by atoms with Crippen LogP contribution in [0.5, 0.6) is 0 Å². The lowest BCUT2D eigenvalue weighted by Gasteiger charge is -2.36. The van der Waals surface area contributed by atoms with Gasteiger partial charge in [0.15, 0.2) is 0 Å². The number of aryl methyl sites for hydroxylation is 2. The first-order valence-corrected chi connectivity index (χ1v) is 13.1. The Hall–Kier alpha value is -3.75. The summed E-state index contributed by atoms with van der Waals surface area (Å²) >= 11 is 6.42. The Morgan fingerprint density at radius 2 is 2.00 bits per heavy atom. The van der Waals surface area contributed by atoms with Gasteiger partial charge in [-0.05, 0) is 86.8 Å². The quantitative estimate of drug-likeness (QED) is 0.486. The van der Waals surface area contributed by atoms with E-state index in [0.717, 1.165) is 53.0 Å². The Kier molecular flexibility index (Phi) is 7.19. The highest BCUT2D eigenvalue weighted by Gasteiger charge is 2.36. The monoisotopic (exact) mass is 530 g/mol. The van der Waals surface area contributed by atoms with Gasteiger partial charge in [-0.25, -0.2) is 4.99 Å². The molecular formula is C29H31ClN6O2. The molecule has 0 aliphatic carbocycles. The van der Waals surface area contributed by atoms with Crippen LogP contribution in [0.3, 0.4) is 0 Å². The number of amides is 2. The maximum Gasteiger partial charge on any atom is 0.250 e. The molecule has 1 unspecified atom stereocenters. The van der Waals surface area contributed by atoms with Gasteiger partial charge in [0.25, 0.3) is 0 Å². The molecule has 2 aromatic carbocycles.